The summed E-state index contributed by atoms with van der Waals surface area (Å²) < 4.78 is 5.98. The molecule has 0 spiro atoms. The molecule has 1 aromatic carbocycles. The Morgan fingerprint density at radius 1 is 1.26 bits per heavy atom. The van der Waals surface area contributed by atoms with Crippen LogP contribution >= 0.6 is 0 Å². The average Bonchev–Trinajstić information content (AvgIpc) is 2.81. The highest BCUT2D eigenvalue weighted by Gasteiger charge is 2.27. The summed E-state index contributed by atoms with van der Waals surface area (Å²) in [4.78, 5) is 13.7. The summed E-state index contributed by atoms with van der Waals surface area (Å²) in [6.45, 7) is 0.952. The molecule has 1 fully saturated rings. The van der Waals surface area contributed by atoms with E-state index in [1.807, 2.05) is 6.07 Å². The van der Waals surface area contributed by atoms with Gasteiger partial charge < -0.3 is 4.74 Å². The third-order valence-corrected chi connectivity index (χ3v) is 4.34. The van der Waals surface area contributed by atoms with Crippen molar-refractivity contribution < 1.29 is 9.53 Å². The van der Waals surface area contributed by atoms with Crippen molar-refractivity contribution in [1.82, 2.24) is 4.90 Å². The minimum Gasteiger partial charge on any atom is -0.488 e. The van der Waals surface area contributed by atoms with Gasteiger partial charge in [-0.1, -0.05) is 18.2 Å². The van der Waals surface area contributed by atoms with Crippen LogP contribution in [0.5, 0.6) is 5.75 Å². The third-order valence-electron chi connectivity index (χ3n) is 4.34. The van der Waals surface area contributed by atoms with E-state index in [9.17, 15) is 4.79 Å². The van der Waals surface area contributed by atoms with E-state index < -0.39 is 0 Å². The largest absolute Gasteiger partial charge is 0.488 e. The van der Waals surface area contributed by atoms with Crippen LogP contribution in [0, 0.1) is 0 Å². The van der Waals surface area contributed by atoms with Gasteiger partial charge in [-0.3, -0.25) is 9.69 Å². The molecule has 1 aliphatic carbocycles. The van der Waals surface area contributed by atoms with Crippen LogP contribution in [0.1, 0.15) is 31.2 Å². The van der Waals surface area contributed by atoms with E-state index >= 15 is 0 Å². The Morgan fingerprint density at radius 3 is 2.74 bits per heavy atom. The molecule has 19 heavy (non-hydrogen) atoms. The van der Waals surface area contributed by atoms with Gasteiger partial charge in [0.2, 0.25) is 0 Å². The topological polar surface area (TPSA) is 29.5 Å². The first-order valence-corrected chi connectivity index (χ1v) is 7.19. The average molecular weight is 259 g/mol. The van der Waals surface area contributed by atoms with Crippen LogP contribution in [-0.4, -0.2) is 36.4 Å². The van der Waals surface area contributed by atoms with E-state index in [4.69, 9.17) is 4.74 Å². The number of carbonyl (C=O) groups excluding carboxylic acids is 1. The molecule has 1 unspecified atom stereocenters. The first-order valence-electron chi connectivity index (χ1n) is 7.19. The van der Waals surface area contributed by atoms with Crippen molar-refractivity contribution in [1.29, 1.82) is 0 Å². The summed E-state index contributed by atoms with van der Waals surface area (Å²) >= 11 is 0. The van der Waals surface area contributed by atoms with Crippen LogP contribution in [0.25, 0.3) is 0 Å². The van der Waals surface area contributed by atoms with Gasteiger partial charge in [0.05, 0.1) is 0 Å². The molecule has 1 atom stereocenters. The highest BCUT2D eigenvalue weighted by Crippen LogP contribution is 2.29. The maximum atomic E-state index is 11.3. The van der Waals surface area contributed by atoms with Gasteiger partial charge in [0.25, 0.3) is 0 Å². The van der Waals surface area contributed by atoms with Crippen LogP contribution in [-0.2, 0) is 11.2 Å². The molecule has 1 aromatic rings. The van der Waals surface area contributed by atoms with Crippen LogP contribution in [0.4, 0.5) is 0 Å². The molecule has 0 amide bonds. The number of ether oxygens (including phenoxy) is 1. The fourth-order valence-corrected chi connectivity index (χ4v) is 3.19. The predicted molar refractivity (Wildman–Crippen MR) is 74.5 cm³/mol. The monoisotopic (exact) mass is 259 g/mol. The Morgan fingerprint density at radius 2 is 2.00 bits per heavy atom. The second kappa shape index (κ2) is 5.33. The number of hydrogen-bond acceptors (Lipinski definition) is 3. The van der Waals surface area contributed by atoms with Crippen molar-refractivity contribution in [2.75, 3.05) is 13.6 Å². The van der Waals surface area contributed by atoms with Gasteiger partial charge in [-0.2, -0.15) is 0 Å². The number of Topliss-reactive ketones (excluding diaryl/α,β-unsaturated/α-hetero) is 1. The fraction of sp³-hybridized carbons (Fsp3) is 0.562. The van der Waals surface area contributed by atoms with Crippen LogP contribution in [0.3, 0.4) is 0 Å². The molecule has 1 heterocycles. The van der Waals surface area contributed by atoms with Gasteiger partial charge in [-0.05, 0) is 31.5 Å². The number of rotatable bonds is 3. The van der Waals surface area contributed by atoms with Gasteiger partial charge in [-0.25, -0.2) is 0 Å². The molecule has 1 saturated carbocycles. The molecule has 3 rings (SSSR count). The Hall–Kier alpha value is -1.35. The quantitative estimate of drug-likeness (QED) is 0.835. The Kier molecular flexibility index (Phi) is 3.56. The van der Waals surface area contributed by atoms with Crippen molar-refractivity contribution in [2.45, 2.75) is 44.2 Å². The van der Waals surface area contributed by atoms with Crippen molar-refractivity contribution in [2.24, 2.45) is 0 Å². The predicted octanol–water partition coefficient (Wildman–Crippen LogP) is 2.43. The standard InChI is InChI=1S/C16H21NO2/c1-17(13-6-8-14(18)9-7-13)11-15-10-12-4-2-3-5-16(12)19-15/h2-5,13,15H,6-11H2,1H3. The van der Waals surface area contributed by atoms with Crippen molar-refractivity contribution >= 4 is 5.78 Å². The maximum absolute atomic E-state index is 11.3. The lowest BCUT2D eigenvalue weighted by Gasteiger charge is -2.32. The molecule has 0 saturated heterocycles. The second-order valence-electron chi connectivity index (χ2n) is 5.76. The second-order valence-corrected chi connectivity index (χ2v) is 5.76. The number of benzene rings is 1. The molecule has 3 heteroatoms. The smallest absolute Gasteiger partial charge is 0.133 e. The highest BCUT2D eigenvalue weighted by molar-refractivity contribution is 5.79. The number of nitrogens with zero attached hydrogens (tertiary/aromatic N) is 1. The Bertz CT molecular complexity index is 437. The number of ketones is 1. The molecular weight excluding hydrogens is 238 g/mol. The number of likely N-dealkylation sites (N-methyl/N-ethyl adjacent to an activating group) is 1. The van der Waals surface area contributed by atoms with E-state index in [0.717, 1.165) is 44.4 Å². The summed E-state index contributed by atoms with van der Waals surface area (Å²) in [6.07, 6.45) is 4.79. The van der Waals surface area contributed by atoms with Gasteiger partial charge in [0.15, 0.2) is 0 Å². The number of para-hydroxylation sites is 1. The lowest BCUT2D eigenvalue weighted by molar-refractivity contribution is -0.121. The van der Waals surface area contributed by atoms with Gasteiger partial charge in [0, 0.05) is 31.8 Å². The van der Waals surface area contributed by atoms with E-state index in [1.54, 1.807) is 0 Å². The molecule has 0 bridgehead atoms. The normalized spacial score (nSPS) is 23.5. The van der Waals surface area contributed by atoms with Crippen molar-refractivity contribution in [3.8, 4) is 5.75 Å². The van der Waals surface area contributed by atoms with Crippen LogP contribution in [0.15, 0.2) is 24.3 Å². The van der Waals surface area contributed by atoms with E-state index in [-0.39, 0.29) is 6.10 Å². The van der Waals surface area contributed by atoms with Crippen molar-refractivity contribution in [3.05, 3.63) is 29.8 Å². The summed E-state index contributed by atoms with van der Waals surface area (Å²) in [5, 5.41) is 0. The molecular formula is C16H21NO2. The lowest BCUT2D eigenvalue weighted by atomic mass is 9.93. The Balaban J connectivity index is 1.54. The van der Waals surface area contributed by atoms with Crippen LogP contribution in [0.2, 0.25) is 0 Å². The van der Waals surface area contributed by atoms with E-state index in [1.165, 1.54) is 5.56 Å². The zero-order chi connectivity index (χ0) is 13.2. The summed E-state index contributed by atoms with van der Waals surface area (Å²) in [6, 6.07) is 8.84. The molecule has 0 radical (unpaired) electrons. The van der Waals surface area contributed by atoms with Gasteiger partial charge in [0.1, 0.15) is 17.6 Å². The molecule has 1 aliphatic heterocycles. The zero-order valence-electron chi connectivity index (χ0n) is 11.5. The maximum Gasteiger partial charge on any atom is 0.133 e. The van der Waals surface area contributed by atoms with E-state index in [0.29, 0.717) is 11.8 Å². The number of hydrogen-bond donors (Lipinski definition) is 0. The fourth-order valence-electron chi connectivity index (χ4n) is 3.19. The Labute approximate surface area is 114 Å². The molecule has 2 aliphatic rings. The summed E-state index contributed by atoms with van der Waals surface area (Å²) in [5.74, 6) is 1.47. The minimum atomic E-state index is 0.264. The number of fused-ring (bicyclic) bond motifs is 1. The molecule has 0 N–H and O–H groups in total. The SMILES string of the molecule is CN(CC1Cc2ccccc2O1)C1CCC(=O)CC1. The van der Waals surface area contributed by atoms with Gasteiger partial charge >= 0.3 is 0 Å². The molecule has 0 aromatic heterocycles. The lowest BCUT2D eigenvalue weighted by Crippen LogP contribution is -2.41. The van der Waals surface area contributed by atoms with E-state index in [2.05, 4.69) is 30.1 Å². The van der Waals surface area contributed by atoms with Crippen LogP contribution < -0.4 is 4.74 Å². The third kappa shape index (κ3) is 2.81. The first-order chi connectivity index (χ1) is 9.22. The molecule has 3 nitrogen and oxygen atoms in total. The number of carbonyl (C=O) groups is 1. The minimum absolute atomic E-state index is 0.264. The first kappa shape index (κ1) is 12.7. The van der Waals surface area contributed by atoms with Crippen molar-refractivity contribution in [3.63, 3.8) is 0 Å². The highest BCUT2D eigenvalue weighted by atomic mass is 16.5. The molecule has 102 valence electrons. The summed E-state index contributed by atoms with van der Waals surface area (Å²) in [7, 11) is 2.16. The zero-order valence-corrected chi connectivity index (χ0v) is 11.5. The van der Waals surface area contributed by atoms with Gasteiger partial charge in [-0.15, -0.1) is 0 Å². The summed E-state index contributed by atoms with van der Waals surface area (Å²) in [5.41, 5.74) is 1.32.